The molecule has 0 spiro atoms. The van der Waals surface area contributed by atoms with E-state index >= 15 is 0 Å². The number of amides is 1. The second kappa shape index (κ2) is 8.80. The first-order valence-corrected chi connectivity index (χ1v) is 11.2. The van der Waals surface area contributed by atoms with E-state index in [1.807, 2.05) is 0 Å². The predicted molar refractivity (Wildman–Crippen MR) is 105 cm³/mol. The first kappa shape index (κ1) is 24.7. The van der Waals surface area contributed by atoms with Gasteiger partial charge in [0.05, 0.1) is 23.6 Å². The van der Waals surface area contributed by atoms with Gasteiger partial charge in [0.25, 0.3) is 0 Å². The molecule has 33 heavy (non-hydrogen) atoms. The highest BCUT2D eigenvalue weighted by molar-refractivity contribution is 7.92. The van der Waals surface area contributed by atoms with E-state index in [2.05, 4.69) is 9.97 Å². The third kappa shape index (κ3) is 5.37. The number of aromatic nitrogens is 2. The zero-order valence-electron chi connectivity index (χ0n) is 17.1. The summed E-state index contributed by atoms with van der Waals surface area (Å²) in [7, 11) is -3.80. The molecule has 0 N–H and O–H groups in total. The number of rotatable bonds is 5. The van der Waals surface area contributed by atoms with Crippen molar-refractivity contribution in [3.63, 3.8) is 0 Å². The summed E-state index contributed by atoms with van der Waals surface area (Å²) in [6, 6.07) is 4.46. The zero-order valence-corrected chi connectivity index (χ0v) is 17.9. The van der Waals surface area contributed by atoms with Crippen molar-refractivity contribution in [2.24, 2.45) is 0 Å². The van der Waals surface area contributed by atoms with Gasteiger partial charge in [-0.25, -0.2) is 18.4 Å². The van der Waals surface area contributed by atoms with Crippen molar-refractivity contribution in [2.45, 2.75) is 31.1 Å². The van der Waals surface area contributed by atoms with Crippen LogP contribution in [-0.4, -0.2) is 54.0 Å². The minimum Gasteiger partial charge on any atom is -0.336 e. The number of nitrogens with zero attached hydrogens (tertiary/aromatic N) is 4. The lowest BCUT2D eigenvalue weighted by molar-refractivity contribution is -0.137. The van der Waals surface area contributed by atoms with Crippen LogP contribution in [0, 0.1) is 0 Å². The number of hydrogen-bond donors (Lipinski definition) is 0. The van der Waals surface area contributed by atoms with Crippen LogP contribution in [-0.2, 0) is 33.8 Å². The van der Waals surface area contributed by atoms with Gasteiger partial charge in [-0.15, -0.1) is 0 Å². The smallest absolute Gasteiger partial charge is 0.336 e. The number of halogens is 6. The molecule has 1 amide bonds. The Morgan fingerprint density at radius 3 is 2.30 bits per heavy atom. The summed E-state index contributed by atoms with van der Waals surface area (Å²) in [5.41, 5.74) is -4.75. The van der Waals surface area contributed by atoms with Crippen molar-refractivity contribution in [1.29, 1.82) is 0 Å². The van der Waals surface area contributed by atoms with Crippen LogP contribution in [0.2, 0.25) is 0 Å². The zero-order chi connectivity index (χ0) is 24.6. The minimum absolute atomic E-state index is 0.0589. The number of fused-ring (bicyclic) bond motifs is 1. The molecule has 0 saturated carbocycles. The first-order chi connectivity index (χ1) is 15.2. The Morgan fingerprint density at radius 1 is 1.09 bits per heavy atom. The van der Waals surface area contributed by atoms with E-state index in [1.54, 1.807) is 11.9 Å². The Bertz CT molecular complexity index is 1130. The molecule has 2 aromatic rings. The van der Waals surface area contributed by atoms with E-state index in [1.165, 1.54) is 23.4 Å². The van der Waals surface area contributed by atoms with Crippen LogP contribution >= 0.6 is 0 Å². The van der Waals surface area contributed by atoms with E-state index in [9.17, 15) is 39.6 Å². The topological polar surface area (TPSA) is 83.5 Å². The third-order valence-electron chi connectivity index (χ3n) is 5.17. The number of alkyl halides is 6. The molecule has 0 atom stereocenters. The molecule has 1 aromatic heterocycles. The van der Waals surface area contributed by atoms with Crippen molar-refractivity contribution in [3.8, 4) is 0 Å². The van der Waals surface area contributed by atoms with Gasteiger partial charge in [0.2, 0.25) is 15.7 Å². The molecule has 1 aliphatic heterocycles. The maximum Gasteiger partial charge on any atom is 0.497 e. The SMILES string of the molecule is CN(c1ccc(C(F)(F)F)cc1)c1ncnc2c1CCN(C(=O)CCS(=O)(=O)C(F)(F)F)C2. The van der Waals surface area contributed by atoms with Gasteiger partial charge >= 0.3 is 11.7 Å². The van der Waals surface area contributed by atoms with Gasteiger partial charge in [0.1, 0.15) is 12.1 Å². The highest BCUT2D eigenvalue weighted by Gasteiger charge is 2.45. The molecule has 2 heterocycles. The van der Waals surface area contributed by atoms with E-state index in [0.29, 0.717) is 22.8 Å². The van der Waals surface area contributed by atoms with E-state index in [0.717, 1.165) is 12.1 Å². The summed E-state index contributed by atoms with van der Waals surface area (Å²) in [5, 5.41) is 0. The average Bonchev–Trinajstić information content (AvgIpc) is 2.75. The molecule has 1 aromatic carbocycles. The molecule has 0 fully saturated rings. The summed E-state index contributed by atoms with van der Waals surface area (Å²) in [4.78, 5) is 23.4. The van der Waals surface area contributed by atoms with Crippen LogP contribution in [0.15, 0.2) is 30.6 Å². The quantitative estimate of drug-likeness (QED) is 0.590. The van der Waals surface area contributed by atoms with Crippen LogP contribution < -0.4 is 4.90 Å². The summed E-state index contributed by atoms with van der Waals surface area (Å²) in [6.45, 7) is 0.0374. The van der Waals surface area contributed by atoms with Crippen LogP contribution in [0.4, 0.5) is 37.8 Å². The first-order valence-electron chi connectivity index (χ1n) is 9.51. The van der Waals surface area contributed by atoms with Crippen molar-refractivity contribution < 1.29 is 39.6 Å². The molecule has 0 unspecified atom stereocenters. The molecule has 7 nitrogen and oxygen atoms in total. The molecule has 0 saturated heterocycles. The Kier molecular flexibility index (Phi) is 6.60. The Balaban J connectivity index is 1.74. The van der Waals surface area contributed by atoms with Crippen molar-refractivity contribution in [1.82, 2.24) is 14.9 Å². The third-order valence-corrected chi connectivity index (χ3v) is 6.62. The van der Waals surface area contributed by atoms with Crippen LogP contribution in [0.5, 0.6) is 0 Å². The fourth-order valence-corrected chi connectivity index (χ4v) is 4.01. The molecule has 0 radical (unpaired) electrons. The highest BCUT2D eigenvalue weighted by atomic mass is 32.2. The molecular weight excluding hydrogens is 478 g/mol. The summed E-state index contributed by atoms with van der Waals surface area (Å²) < 4.78 is 98.2. The average molecular weight is 496 g/mol. The normalized spacial score (nSPS) is 14.7. The molecule has 180 valence electrons. The van der Waals surface area contributed by atoms with Gasteiger partial charge < -0.3 is 9.80 Å². The number of anilines is 2. The molecule has 1 aliphatic rings. The van der Waals surface area contributed by atoms with E-state index < -0.39 is 45.2 Å². The number of carbonyl (C=O) groups excluding carboxylic acids is 1. The second-order valence-electron chi connectivity index (χ2n) is 7.31. The van der Waals surface area contributed by atoms with Gasteiger partial charge in [0, 0.05) is 31.3 Å². The van der Waals surface area contributed by atoms with Crippen LogP contribution in [0.25, 0.3) is 0 Å². The lowest BCUT2D eigenvalue weighted by atomic mass is 10.0. The van der Waals surface area contributed by atoms with E-state index in [-0.39, 0.29) is 19.5 Å². The highest BCUT2D eigenvalue weighted by Crippen LogP contribution is 2.33. The van der Waals surface area contributed by atoms with Gasteiger partial charge in [-0.2, -0.15) is 26.3 Å². The Morgan fingerprint density at radius 2 is 1.73 bits per heavy atom. The van der Waals surface area contributed by atoms with Crippen LogP contribution in [0.3, 0.4) is 0 Å². The lowest BCUT2D eigenvalue weighted by Crippen LogP contribution is -2.38. The second-order valence-corrected chi connectivity index (χ2v) is 9.41. The number of hydrogen-bond acceptors (Lipinski definition) is 6. The molecule has 3 rings (SSSR count). The van der Waals surface area contributed by atoms with Crippen LogP contribution in [0.1, 0.15) is 23.2 Å². The maximum atomic E-state index is 12.8. The van der Waals surface area contributed by atoms with E-state index in [4.69, 9.17) is 0 Å². The van der Waals surface area contributed by atoms with Gasteiger partial charge in [0.15, 0.2) is 0 Å². The number of benzene rings is 1. The predicted octanol–water partition coefficient (Wildman–Crippen LogP) is 3.47. The Labute approximate surface area is 185 Å². The van der Waals surface area contributed by atoms with Crippen molar-refractivity contribution in [3.05, 3.63) is 47.4 Å². The fraction of sp³-hybridized carbons (Fsp3) is 0.421. The minimum atomic E-state index is -5.42. The van der Waals surface area contributed by atoms with Gasteiger partial charge in [-0.05, 0) is 30.7 Å². The standard InChI is InChI=1S/C19H18F6N4O3S/c1-28(13-4-2-12(3-5-13)18(20,21)22)17-14-6-8-29(10-15(14)26-11-27-17)16(30)7-9-33(31,32)19(23,24)25/h2-5,11H,6-10H2,1H3. The summed E-state index contributed by atoms with van der Waals surface area (Å²) in [5.74, 6) is -1.69. The summed E-state index contributed by atoms with van der Waals surface area (Å²) in [6.07, 6.45) is -3.85. The largest absolute Gasteiger partial charge is 0.497 e. The monoisotopic (exact) mass is 496 g/mol. The molecular formula is C19H18F6N4O3S. The molecule has 0 aliphatic carbocycles. The maximum absolute atomic E-state index is 12.8. The van der Waals surface area contributed by atoms with Crippen molar-refractivity contribution >= 4 is 27.2 Å². The fourth-order valence-electron chi connectivity index (χ4n) is 3.33. The Hall–Kier alpha value is -2.90. The molecule has 0 bridgehead atoms. The van der Waals surface area contributed by atoms with Gasteiger partial charge in [-0.1, -0.05) is 0 Å². The number of carbonyl (C=O) groups is 1. The molecule has 14 heteroatoms. The summed E-state index contributed by atoms with van der Waals surface area (Å²) >= 11 is 0. The van der Waals surface area contributed by atoms with Gasteiger partial charge in [-0.3, -0.25) is 4.79 Å². The lowest BCUT2D eigenvalue weighted by Gasteiger charge is -2.31. The number of sulfone groups is 1. The van der Waals surface area contributed by atoms with Crippen molar-refractivity contribution in [2.75, 3.05) is 24.2 Å².